The third-order valence-electron chi connectivity index (χ3n) is 5.37. The summed E-state index contributed by atoms with van der Waals surface area (Å²) in [6, 6.07) is 9.35. The fourth-order valence-electron chi connectivity index (χ4n) is 3.76. The minimum absolute atomic E-state index is 0.272. The van der Waals surface area contributed by atoms with E-state index in [1.54, 1.807) is 23.6 Å². The molecule has 3 aromatic heterocycles. The number of nitrogens with zero attached hydrogens (tertiary/aromatic N) is 4. The number of H-pyrrole nitrogens is 1. The van der Waals surface area contributed by atoms with Crippen LogP contribution < -0.4 is 4.90 Å². The second kappa shape index (κ2) is 7.00. The van der Waals surface area contributed by atoms with Crippen LogP contribution in [0.2, 0.25) is 0 Å². The number of thiophene rings is 1. The number of aromatic amines is 1. The summed E-state index contributed by atoms with van der Waals surface area (Å²) < 4.78 is 14.9. The standard InChI is InChI=1S/C21H20FN5S/c1-26-7-9-27(10-8-26)15-2-3-18(22)17(12-15)20-19-16(14-5-11-28-13-14)4-6-23-21(19)25-24-20/h2-6,11-13H,7-10H2,1H3,(H,23,24,25). The number of likely N-dealkylation sites (N-methyl/N-ethyl adjacent to an activating group) is 1. The van der Waals surface area contributed by atoms with E-state index in [2.05, 4.69) is 43.5 Å². The largest absolute Gasteiger partial charge is 0.369 e. The van der Waals surface area contributed by atoms with Gasteiger partial charge >= 0.3 is 0 Å². The number of aromatic nitrogens is 3. The van der Waals surface area contributed by atoms with Crippen molar-refractivity contribution in [3.8, 4) is 22.4 Å². The average molecular weight is 393 g/mol. The van der Waals surface area contributed by atoms with Crippen LogP contribution in [0.4, 0.5) is 10.1 Å². The van der Waals surface area contributed by atoms with Gasteiger partial charge in [-0.25, -0.2) is 9.37 Å². The van der Waals surface area contributed by atoms with E-state index in [1.807, 2.05) is 23.6 Å². The molecule has 4 heterocycles. The molecule has 7 heteroatoms. The molecule has 1 aromatic carbocycles. The first kappa shape index (κ1) is 17.3. The highest BCUT2D eigenvalue weighted by Crippen LogP contribution is 2.37. The van der Waals surface area contributed by atoms with E-state index in [0.29, 0.717) is 16.9 Å². The van der Waals surface area contributed by atoms with E-state index in [0.717, 1.165) is 48.4 Å². The summed E-state index contributed by atoms with van der Waals surface area (Å²) in [7, 11) is 2.13. The van der Waals surface area contributed by atoms with Crippen LogP contribution >= 0.6 is 11.3 Å². The number of hydrogen-bond acceptors (Lipinski definition) is 5. The molecule has 142 valence electrons. The lowest BCUT2D eigenvalue weighted by Gasteiger charge is -2.34. The van der Waals surface area contributed by atoms with Crippen molar-refractivity contribution in [3.63, 3.8) is 0 Å². The molecule has 0 saturated carbocycles. The quantitative estimate of drug-likeness (QED) is 0.565. The molecular weight excluding hydrogens is 373 g/mol. The predicted octanol–water partition coefficient (Wildman–Crippen LogP) is 4.24. The van der Waals surface area contributed by atoms with Gasteiger partial charge in [-0.3, -0.25) is 5.10 Å². The topological polar surface area (TPSA) is 48.0 Å². The number of rotatable bonds is 3. The highest BCUT2D eigenvalue weighted by Gasteiger charge is 2.20. The Hall–Kier alpha value is -2.77. The number of nitrogens with one attached hydrogen (secondary N) is 1. The van der Waals surface area contributed by atoms with Crippen LogP contribution in [0.3, 0.4) is 0 Å². The molecule has 5 rings (SSSR count). The number of fused-ring (bicyclic) bond motifs is 1. The lowest BCUT2D eigenvalue weighted by atomic mass is 10.0. The molecule has 1 aliphatic rings. The SMILES string of the molecule is CN1CCN(c2ccc(F)c(-c3n[nH]c4nccc(-c5ccsc5)c34)c2)CC1. The lowest BCUT2D eigenvalue weighted by molar-refractivity contribution is 0.313. The summed E-state index contributed by atoms with van der Waals surface area (Å²) in [6.45, 7) is 3.88. The second-order valence-electron chi connectivity index (χ2n) is 7.12. The Kier molecular flexibility index (Phi) is 4.33. The van der Waals surface area contributed by atoms with Gasteiger partial charge in [-0.1, -0.05) is 0 Å². The maximum Gasteiger partial charge on any atom is 0.156 e. The minimum atomic E-state index is -0.272. The second-order valence-corrected chi connectivity index (χ2v) is 7.90. The normalized spacial score (nSPS) is 15.4. The Balaban J connectivity index is 1.63. The smallest absolute Gasteiger partial charge is 0.156 e. The molecule has 0 bridgehead atoms. The Morgan fingerprint density at radius 1 is 1.07 bits per heavy atom. The van der Waals surface area contributed by atoms with Gasteiger partial charge in [0.25, 0.3) is 0 Å². The van der Waals surface area contributed by atoms with Gasteiger partial charge in [0.1, 0.15) is 11.5 Å². The Morgan fingerprint density at radius 3 is 2.71 bits per heavy atom. The van der Waals surface area contributed by atoms with Crippen LogP contribution in [0.25, 0.3) is 33.4 Å². The van der Waals surface area contributed by atoms with Crippen molar-refractivity contribution in [2.75, 3.05) is 38.1 Å². The zero-order chi connectivity index (χ0) is 19.1. The summed E-state index contributed by atoms with van der Waals surface area (Å²) in [5.41, 5.74) is 4.92. The summed E-state index contributed by atoms with van der Waals surface area (Å²) in [6.07, 6.45) is 1.76. The number of pyridine rings is 1. The van der Waals surface area contributed by atoms with Crippen LogP contribution in [0.5, 0.6) is 0 Å². The van der Waals surface area contributed by atoms with Crippen LogP contribution in [0.1, 0.15) is 0 Å². The van der Waals surface area contributed by atoms with Gasteiger partial charge < -0.3 is 9.80 Å². The van der Waals surface area contributed by atoms with E-state index in [9.17, 15) is 4.39 Å². The minimum Gasteiger partial charge on any atom is -0.369 e. The van der Waals surface area contributed by atoms with Crippen molar-refractivity contribution < 1.29 is 4.39 Å². The molecule has 0 atom stereocenters. The summed E-state index contributed by atoms with van der Waals surface area (Å²) in [5.74, 6) is -0.272. The van der Waals surface area contributed by atoms with Crippen LogP contribution in [-0.2, 0) is 0 Å². The summed E-state index contributed by atoms with van der Waals surface area (Å²) >= 11 is 1.64. The zero-order valence-electron chi connectivity index (χ0n) is 15.5. The third kappa shape index (κ3) is 2.96. The van der Waals surface area contributed by atoms with Crippen molar-refractivity contribution in [1.82, 2.24) is 20.1 Å². The van der Waals surface area contributed by atoms with Gasteiger partial charge in [0, 0.05) is 43.6 Å². The fraction of sp³-hybridized carbons (Fsp3) is 0.238. The molecule has 0 unspecified atom stereocenters. The van der Waals surface area contributed by atoms with Crippen LogP contribution in [0, 0.1) is 5.82 Å². The fourth-order valence-corrected chi connectivity index (χ4v) is 4.42. The van der Waals surface area contributed by atoms with E-state index in [-0.39, 0.29) is 5.82 Å². The van der Waals surface area contributed by atoms with Crippen LogP contribution in [0.15, 0.2) is 47.3 Å². The monoisotopic (exact) mass is 393 g/mol. The number of anilines is 1. The highest BCUT2D eigenvalue weighted by atomic mass is 32.1. The van der Waals surface area contributed by atoms with E-state index >= 15 is 0 Å². The lowest BCUT2D eigenvalue weighted by Crippen LogP contribution is -2.44. The number of halogens is 1. The van der Waals surface area contributed by atoms with E-state index in [4.69, 9.17) is 0 Å². The molecule has 0 spiro atoms. The summed E-state index contributed by atoms with van der Waals surface area (Å²) in [4.78, 5) is 9.00. The third-order valence-corrected chi connectivity index (χ3v) is 6.05. The van der Waals surface area contributed by atoms with Crippen molar-refractivity contribution in [3.05, 3.63) is 53.1 Å². The predicted molar refractivity (Wildman–Crippen MR) is 112 cm³/mol. The van der Waals surface area contributed by atoms with Crippen LogP contribution in [-0.4, -0.2) is 53.3 Å². The van der Waals surface area contributed by atoms with Gasteiger partial charge in [-0.05, 0) is 59.3 Å². The highest BCUT2D eigenvalue weighted by molar-refractivity contribution is 7.08. The van der Waals surface area contributed by atoms with Gasteiger partial charge in [0.2, 0.25) is 0 Å². The zero-order valence-corrected chi connectivity index (χ0v) is 16.3. The average Bonchev–Trinajstić information content (AvgIpc) is 3.39. The Labute approximate surface area is 166 Å². The Morgan fingerprint density at radius 2 is 1.93 bits per heavy atom. The molecule has 1 fully saturated rings. The molecule has 4 aromatic rings. The van der Waals surface area contributed by atoms with Crippen molar-refractivity contribution in [2.24, 2.45) is 0 Å². The van der Waals surface area contributed by atoms with Crippen molar-refractivity contribution in [1.29, 1.82) is 0 Å². The molecule has 0 aliphatic carbocycles. The van der Waals surface area contributed by atoms with E-state index < -0.39 is 0 Å². The molecular formula is C21H20FN5S. The van der Waals surface area contributed by atoms with Crippen molar-refractivity contribution in [2.45, 2.75) is 0 Å². The molecule has 0 amide bonds. The van der Waals surface area contributed by atoms with Crippen molar-refractivity contribution >= 4 is 28.1 Å². The molecule has 1 N–H and O–H groups in total. The first-order valence-electron chi connectivity index (χ1n) is 9.30. The maximum atomic E-state index is 14.9. The summed E-state index contributed by atoms with van der Waals surface area (Å²) in [5, 5.41) is 12.4. The molecule has 1 aliphatic heterocycles. The number of benzene rings is 1. The molecule has 5 nitrogen and oxygen atoms in total. The number of hydrogen-bond donors (Lipinski definition) is 1. The maximum absolute atomic E-state index is 14.9. The van der Waals surface area contributed by atoms with Gasteiger partial charge in [0.15, 0.2) is 5.65 Å². The van der Waals surface area contributed by atoms with Gasteiger partial charge in [0.05, 0.1) is 5.39 Å². The van der Waals surface area contributed by atoms with Gasteiger partial charge in [-0.2, -0.15) is 16.4 Å². The first-order valence-corrected chi connectivity index (χ1v) is 10.2. The van der Waals surface area contributed by atoms with Gasteiger partial charge in [-0.15, -0.1) is 0 Å². The Bertz CT molecular complexity index is 1110. The molecule has 1 saturated heterocycles. The molecule has 28 heavy (non-hydrogen) atoms. The molecule has 0 radical (unpaired) electrons. The van der Waals surface area contributed by atoms with E-state index in [1.165, 1.54) is 0 Å². The number of piperazine rings is 1. The first-order chi connectivity index (χ1) is 13.7.